The van der Waals surface area contributed by atoms with Crippen LogP contribution in [0.1, 0.15) is 19.3 Å². The number of nitrogens with two attached hydrogens (primary N) is 1. The molecule has 11 heavy (non-hydrogen) atoms. The van der Waals surface area contributed by atoms with Crippen molar-refractivity contribution in [2.45, 2.75) is 25.4 Å². The predicted molar refractivity (Wildman–Crippen MR) is 43.2 cm³/mol. The van der Waals surface area contributed by atoms with E-state index in [1.54, 1.807) is 0 Å². The van der Waals surface area contributed by atoms with Gasteiger partial charge in [-0.15, -0.1) is 0 Å². The molecule has 0 radical (unpaired) electrons. The molecule has 1 rings (SSSR count). The smallest absolute Gasteiger partial charge is 0.0637 e. The minimum absolute atomic E-state index is 0.148. The molecular formula is C8H17NO2. The molecule has 1 heterocycles. The van der Waals surface area contributed by atoms with Crippen molar-refractivity contribution in [3.05, 3.63) is 0 Å². The lowest BCUT2D eigenvalue weighted by atomic mass is 9.96. The van der Waals surface area contributed by atoms with Crippen LogP contribution in [0.15, 0.2) is 0 Å². The summed E-state index contributed by atoms with van der Waals surface area (Å²) in [5.41, 5.74) is 5.47. The van der Waals surface area contributed by atoms with Gasteiger partial charge < -0.3 is 15.6 Å². The van der Waals surface area contributed by atoms with E-state index in [1.807, 2.05) is 0 Å². The third-order valence-electron chi connectivity index (χ3n) is 2.28. The van der Waals surface area contributed by atoms with Gasteiger partial charge in [-0.05, 0) is 25.8 Å². The number of aliphatic hydroxyl groups is 1. The Morgan fingerprint density at radius 2 is 2.36 bits per heavy atom. The van der Waals surface area contributed by atoms with Crippen molar-refractivity contribution in [1.29, 1.82) is 0 Å². The average Bonchev–Trinajstić information content (AvgIpc) is 2.09. The fourth-order valence-electron chi connectivity index (χ4n) is 1.48. The van der Waals surface area contributed by atoms with Gasteiger partial charge in [0.15, 0.2) is 0 Å². The van der Waals surface area contributed by atoms with E-state index in [4.69, 9.17) is 15.6 Å². The van der Waals surface area contributed by atoms with Gasteiger partial charge in [-0.1, -0.05) is 0 Å². The van der Waals surface area contributed by atoms with Crippen molar-refractivity contribution in [2.75, 3.05) is 19.8 Å². The molecule has 1 fully saturated rings. The fourth-order valence-corrected chi connectivity index (χ4v) is 1.48. The van der Waals surface area contributed by atoms with Crippen molar-refractivity contribution in [1.82, 2.24) is 0 Å². The second kappa shape index (κ2) is 4.70. The van der Waals surface area contributed by atoms with E-state index >= 15 is 0 Å². The predicted octanol–water partition coefficient (Wildman–Crippen LogP) is 0.123. The standard InChI is InChI=1S/C8H17NO2/c9-5-7(6-10)8-3-1-2-4-11-8/h7-8,10H,1-6,9H2. The van der Waals surface area contributed by atoms with Gasteiger partial charge >= 0.3 is 0 Å². The molecule has 1 saturated heterocycles. The van der Waals surface area contributed by atoms with Crippen LogP contribution in [0, 0.1) is 5.92 Å². The van der Waals surface area contributed by atoms with Crippen molar-refractivity contribution in [3.63, 3.8) is 0 Å². The molecule has 0 spiro atoms. The van der Waals surface area contributed by atoms with Crippen molar-refractivity contribution in [2.24, 2.45) is 11.7 Å². The third-order valence-corrected chi connectivity index (χ3v) is 2.28. The first-order chi connectivity index (χ1) is 5.38. The van der Waals surface area contributed by atoms with Crippen molar-refractivity contribution >= 4 is 0 Å². The molecule has 0 aromatic carbocycles. The van der Waals surface area contributed by atoms with E-state index < -0.39 is 0 Å². The molecule has 3 nitrogen and oxygen atoms in total. The molecule has 0 amide bonds. The van der Waals surface area contributed by atoms with E-state index in [0.29, 0.717) is 6.54 Å². The summed E-state index contributed by atoms with van der Waals surface area (Å²) >= 11 is 0. The number of aliphatic hydroxyl groups excluding tert-OH is 1. The summed E-state index contributed by atoms with van der Waals surface area (Å²) in [6, 6.07) is 0. The van der Waals surface area contributed by atoms with E-state index in [9.17, 15) is 0 Å². The molecule has 0 saturated carbocycles. The summed E-state index contributed by atoms with van der Waals surface area (Å²) in [4.78, 5) is 0. The SMILES string of the molecule is NCC(CO)C1CCCCO1. The molecule has 0 bridgehead atoms. The van der Waals surface area contributed by atoms with Gasteiger partial charge in [0.2, 0.25) is 0 Å². The van der Waals surface area contributed by atoms with Gasteiger partial charge in [-0.2, -0.15) is 0 Å². The quantitative estimate of drug-likeness (QED) is 0.615. The Balaban J connectivity index is 2.30. The van der Waals surface area contributed by atoms with Crippen LogP contribution >= 0.6 is 0 Å². The summed E-state index contributed by atoms with van der Waals surface area (Å²) in [7, 11) is 0. The van der Waals surface area contributed by atoms with Crippen LogP contribution in [0.4, 0.5) is 0 Å². The molecule has 0 aromatic heterocycles. The highest BCUT2D eigenvalue weighted by atomic mass is 16.5. The first-order valence-corrected chi connectivity index (χ1v) is 4.31. The Morgan fingerprint density at radius 1 is 1.55 bits per heavy atom. The van der Waals surface area contributed by atoms with Gasteiger partial charge in [0.25, 0.3) is 0 Å². The van der Waals surface area contributed by atoms with Gasteiger partial charge in [0, 0.05) is 19.1 Å². The number of rotatable bonds is 3. The number of hydrogen-bond donors (Lipinski definition) is 2. The second-order valence-electron chi connectivity index (χ2n) is 3.08. The zero-order valence-corrected chi connectivity index (χ0v) is 6.83. The van der Waals surface area contributed by atoms with E-state index in [0.717, 1.165) is 19.4 Å². The first-order valence-electron chi connectivity index (χ1n) is 4.31. The molecule has 2 atom stereocenters. The van der Waals surface area contributed by atoms with Crippen LogP contribution in [-0.4, -0.2) is 31.0 Å². The van der Waals surface area contributed by atoms with Crippen LogP contribution in [0.3, 0.4) is 0 Å². The summed E-state index contributed by atoms with van der Waals surface area (Å²) < 4.78 is 5.48. The first kappa shape index (κ1) is 8.97. The number of ether oxygens (including phenoxy) is 1. The Labute approximate surface area is 67.5 Å². The molecule has 3 heteroatoms. The Kier molecular flexibility index (Phi) is 3.83. The van der Waals surface area contributed by atoms with E-state index in [-0.39, 0.29) is 18.6 Å². The lowest BCUT2D eigenvalue weighted by Gasteiger charge is -2.28. The maximum atomic E-state index is 8.92. The molecule has 66 valence electrons. The van der Waals surface area contributed by atoms with Gasteiger partial charge in [0.05, 0.1) is 6.10 Å². The highest BCUT2D eigenvalue weighted by molar-refractivity contribution is 4.73. The normalized spacial score (nSPS) is 28.4. The monoisotopic (exact) mass is 159 g/mol. The van der Waals surface area contributed by atoms with Crippen LogP contribution in [-0.2, 0) is 4.74 Å². The van der Waals surface area contributed by atoms with Gasteiger partial charge in [-0.25, -0.2) is 0 Å². The fraction of sp³-hybridized carbons (Fsp3) is 1.00. The topological polar surface area (TPSA) is 55.5 Å². The summed E-state index contributed by atoms with van der Waals surface area (Å²) in [5, 5.41) is 8.92. The van der Waals surface area contributed by atoms with Crippen LogP contribution in [0.2, 0.25) is 0 Å². The van der Waals surface area contributed by atoms with Crippen LogP contribution < -0.4 is 5.73 Å². The Bertz CT molecular complexity index is 98.3. The zero-order chi connectivity index (χ0) is 8.10. The highest BCUT2D eigenvalue weighted by Crippen LogP contribution is 2.18. The molecule has 2 unspecified atom stereocenters. The Hall–Kier alpha value is -0.120. The van der Waals surface area contributed by atoms with Gasteiger partial charge in [-0.3, -0.25) is 0 Å². The summed E-state index contributed by atoms with van der Waals surface area (Å²) in [6.07, 6.45) is 3.63. The average molecular weight is 159 g/mol. The largest absolute Gasteiger partial charge is 0.396 e. The van der Waals surface area contributed by atoms with Gasteiger partial charge in [0.1, 0.15) is 0 Å². The molecule has 0 aromatic rings. The zero-order valence-electron chi connectivity index (χ0n) is 6.83. The lowest BCUT2D eigenvalue weighted by molar-refractivity contribution is -0.0325. The minimum atomic E-state index is 0.148. The molecule has 1 aliphatic heterocycles. The molecule has 1 aliphatic rings. The highest BCUT2D eigenvalue weighted by Gasteiger charge is 2.22. The third kappa shape index (κ3) is 2.43. The van der Waals surface area contributed by atoms with Crippen LogP contribution in [0.5, 0.6) is 0 Å². The van der Waals surface area contributed by atoms with E-state index in [2.05, 4.69) is 0 Å². The molecule has 3 N–H and O–H groups in total. The number of hydrogen-bond acceptors (Lipinski definition) is 3. The minimum Gasteiger partial charge on any atom is -0.396 e. The van der Waals surface area contributed by atoms with Crippen LogP contribution in [0.25, 0.3) is 0 Å². The Morgan fingerprint density at radius 3 is 2.82 bits per heavy atom. The van der Waals surface area contributed by atoms with E-state index in [1.165, 1.54) is 6.42 Å². The lowest BCUT2D eigenvalue weighted by Crippen LogP contribution is -2.35. The maximum absolute atomic E-state index is 8.92. The molecular weight excluding hydrogens is 142 g/mol. The van der Waals surface area contributed by atoms with Crippen molar-refractivity contribution < 1.29 is 9.84 Å². The molecule has 0 aliphatic carbocycles. The second-order valence-corrected chi connectivity index (χ2v) is 3.08. The summed E-state index contributed by atoms with van der Waals surface area (Å²) in [6.45, 7) is 1.52. The summed E-state index contributed by atoms with van der Waals surface area (Å²) in [5.74, 6) is 0.148. The van der Waals surface area contributed by atoms with Crippen molar-refractivity contribution in [3.8, 4) is 0 Å². The maximum Gasteiger partial charge on any atom is 0.0637 e.